The number of hydrogen-bond acceptors (Lipinski definition) is 3. The maximum absolute atomic E-state index is 13.1. The first kappa shape index (κ1) is 16.6. The number of benzene rings is 2. The maximum Gasteiger partial charge on any atom is 0.416 e. The van der Waals surface area contributed by atoms with Crippen molar-refractivity contribution in [1.82, 2.24) is 0 Å². The van der Waals surface area contributed by atoms with Crippen LogP contribution in [0.15, 0.2) is 47.6 Å². The van der Waals surface area contributed by atoms with Crippen LogP contribution in [0.2, 0.25) is 0 Å². The van der Waals surface area contributed by atoms with Crippen molar-refractivity contribution in [2.45, 2.75) is 12.7 Å². The maximum atomic E-state index is 13.1. The summed E-state index contributed by atoms with van der Waals surface area (Å²) in [6.07, 6.45) is -4.66. The Morgan fingerprint density at radius 2 is 1.87 bits per heavy atom. The number of hydrogen-bond donors (Lipinski definition) is 3. The molecule has 0 spiro atoms. The summed E-state index contributed by atoms with van der Waals surface area (Å²) in [7, 11) is 0. The highest BCUT2D eigenvalue weighted by atomic mass is 19.4. The van der Waals surface area contributed by atoms with Crippen LogP contribution in [0, 0.1) is 5.82 Å². The molecule has 2 aromatic rings. The third-order valence-electron chi connectivity index (χ3n) is 3.16. The molecule has 0 heterocycles. The highest BCUT2D eigenvalue weighted by Crippen LogP contribution is 2.33. The molecule has 0 aromatic heterocycles. The highest BCUT2D eigenvalue weighted by molar-refractivity contribution is 6.01. The molecular weight excluding hydrogens is 314 g/mol. The van der Waals surface area contributed by atoms with Gasteiger partial charge in [-0.05, 0) is 29.8 Å². The minimum atomic E-state index is -4.66. The van der Waals surface area contributed by atoms with Crippen LogP contribution < -0.4 is 11.1 Å². The molecule has 2 aromatic carbocycles. The number of amidine groups is 1. The van der Waals surface area contributed by atoms with Gasteiger partial charge in [0.1, 0.15) is 5.82 Å². The van der Waals surface area contributed by atoms with E-state index >= 15 is 0 Å². The van der Waals surface area contributed by atoms with Crippen molar-refractivity contribution in [3.8, 4) is 0 Å². The van der Waals surface area contributed by atoms with Gasteiger partial charge >= 0.3 is 6.18 Å². The molecule has 23 heavy (non-hydrogen) atoms. The van der Waals surface area contributed by atoms with Crippen LogP contribution in [0.3, 0.4) is 0 Å². The molecule has 0 aliphatic heterocycles. The number of nitrogens with two attached hydrogens (primary N) is 1. The lowest BCUT2D eigenvalue weighted by molar-refractivity contribution is -0.138. The van der Waals surface area contributed by atoms with Crippen LogP contribution in [0.1, 0.15) is 16.7 Å². The topological polar surface area (TPSA) is 70.6 Å². The second-order valence-electron chi connectivity index (χ2n) is 4.68. The van der Waals surface area contributed by atoms with Gasteiger partial charge in [0.05, 0.1) is 5.56 Å². The Kier molecular flexibility index (Phi) is 4.73. The summed E-state index contributed by atoms with van der Waals surface area (Å²) >= 11 is 0. The lowest BCUT2D eigenvalue weighted by Gasteiger charge is -2.15. The molecule has 0 amide bonds. The summed E-state index contributed by atoms with van der Waals surface area (Å²) in [5.41, 5.74) is 5.07. The molecule has 0 aliphatic carbocycles. The Bertz CT molecular complexity index is 729. The van der Waals surface area contributed by atoms with E-state index in [1.165, 1.54) is 0 Å². The molecule has 8 heteroatoms. The zero-order valence-electron chi connectivity index (χ0n) is 11.7. The van der Waals surface area contributed by atoms with E-state index in [-0.39, 0.29) is 17.9 Å². The SMILES string of the molecule is NC(=NO)c1ccccc1NCc1ccc(F)cc1C(F)(F)F. The fourth-order valence-electron chi connectivity index (χ4n) is 2.07. The molecule has 4 nitrogen and oxygen atoms in total. The summed E-state index contributed by atoms with van der Waals surface area (Å²) < 4.78 is 51.9. The number of anilines is 1. The van der Waals surface area contributed by atoms with E-state index in [0.717, 1.165) is 12.1 Å². The van der Waals surface area contributed by atoms with Gasteiger partial charge in [0.2, 0.25) is 0 Å². The van der Waals surface area contributed by atoms with Crippen molar-refractivity contribution in [1.29, 1.82) is 0 Å². The summed E-state index contributed by atoms with van der Waals surface area (Å²) in [5.74, 6) is -1.14. The monoisotopic (exact) mass is 327 g/mol. The van der Waals surface area contributed by atoms with Crippen molar-refractivity contribution in [2.24, 2.45) is 10.9 Å². The lowest BCUT2D eigenvalue weighted by Crippen LogP contribution is -2.17. The van der Waals surface area contributed by atoms with Crippen LogP contribution in [0.5, 0.6) is 0 Å². The fraction of sp³-hybridized carbons (Fsp3) is 0.133. The number of halogens is 4. The van der Waals surface area contributed by atoms with Crippen LogP contribution in [-0.2, 0) is 12.7 Å². The standard InChI is InChI=1S/C15H13F4N3O/c16-10-6-5-9(12(7-10)15(17,18)19)8-21-13-4-2-1-3-11(13)14(20)22-23/h1-7,21,23H,8H2,(H2,20,22). The van der Waals surface area contributed by atoms with Crippen molar-refractivity contribution < 1.29 is 22.8 Å². The van der Waals surface area contributed by atoms with Crippen molar-refractivity contribution in [2.75, 3.05) is 5.32 Å². The molecule has 4 N–H and O–H groups in total. The molecule has 2 rings (SSSR count). The first-order valence-corrected chi connectivity index (χ1v) is 6.49. The van der Waals surface area contributed by atoms with E-state index in [1.54, 1.807) is 24.3 Å². The average Bonchev–Trinajstić information content (AvgIpc) is 2.52. The van der Waals surface area contributed by atoms with Crippen LogP contribution >= 0.6 is 0 Å². The van der Waals surface area contributed by atoms with Gasteiger partial charge < -0.3 is 16.3 Å². The van der Waals surface area contributed by atoms with Gasteiger partial charge in [-0.25, -0.2) is 4.39 Å². The second-order valence-corrected chi connectivity index (χ2v) is 4.68. The fourth-order valence-corrected chi connectivity index (χ4v) is 2.07. The number of alkyl halides is 3. The smallest absolute Gasteiger partial charge is 0.409 e. The second kappa shape index (κ2) is 6.55. The van der Waals surface area contributed by atoms with Gasteiger partial charge in [-0.1, -0.05) is 23.4 Å². The number of nitrogens with zero attached hydrogens (tertiary/aromatic N) is 1. The predicted octanol–water partition coefficient (Wildman–Crippen LogP) is 3.55. The Hall–Kier alpha value is -2.77. The molecule has 0 radical (unpaired) electrons. The molecule has 0 fully saturated rings. The molecule has 0 bridgehead atoms. The molecule has 0 atom stereocenters. The van der Waals surface area contributed by atoms with Crippen molar-refractivity contribution in [3.63, 3.8) is 0 Å². The number of oxime groups is 1. The van der Waals surface area contributed by atoms with E-state index < -0.39 is 17.6 Å². The Labute approximate surface area is 129 Å². The summed E-state index contributed by atoms with van der Waals surface area (Å²) in [5, 5.41) is 14.4. The molecule has 0 saturated carbocycles. The molecule has 0 unspecified atom stereocenters. The summed E-state index contributed by atoms with van der Waals surface area (Å²) in [4.78, 5) is 0. The van der Waals surface area contributed by atoms with E-state index in [0.29, 0.717) is 17.3 Å². The zero-order valence-corrected chi connectivity index (χ0v) is 11.7. The minimum absolute atomic E-state index is 0.117. The van der Waals surface area contributed by atoms with Gasteiger partial charge in [0.15, 0.2) is 5.84 Å². The molecule has 0 saturated heterocycles. The molecular formula is C15H13F4N3O. The van der Waals surface area contributed by atoms with Gasteiger partial charge in [-0.2, -0.15) is 13.2 Å². The Balaban J connectivity index is 2.30. The summed E-state index contributed by atoms with van der Waals surface area (Å²) in [6, 6.07) is 8.88. The predicted molar refractivity (Wildman–Crippen MR) is 77.7 cm³/mol. The van der Waals surface area contributed by atoms with Crippen LogP contribution in [0.25, 0.3) is 0 Å². The third kappa shape index (κ3) is 3.91. The van der Waals surface area contributed by atoms with Crippen molar-refractivity contribution >= 4 is 11.5 Å². The van der Waals surface area contributed by atoms with Gasteiger partial charge in [0, 0.05) is 17.8 Å². The molecule has 122 valence electrons. The quantitative estimate of drug-likeness (QED) is 0.264. The van der Waals surface area contributed by atoms with Gasteiger partial charge in [-0.15, -0.1) is 0 Å². The van der Waals surface area contributed by atoms with Crippen LogP contribution in [0.4, 0.5) is 23.2 Å². The third-order valence-corrected chi connectivity index (χ3v) is 3.16. The van der Waals surface area contributed by atoms with Gasteiger partial charge in [-0.3, -0.25) is 0 Å². The Morgan fingerprint density at radius 3 is 2.52 bits per heavy atom. The minimum Gasteiger partial charge on any atom is -0.409 e. The lowest BCUT2D eigenvalue weighted by atomic mass is 10.1. The highest BCUT2D eigenvalue weighted by Gasteiger charge is 2.33. The van der Waals surface area contributed by atoms with E-state index in [4.69, 9.17) is 10.9 Å². The summed E-state index contributed by atoms with van der Waals surface area (Å²) in [6.45, 7) is -0.204. The number of nitrogens with one attached hydrogen (secondary N) is 1. The zero-order chi connectivity index (χ0) is 17.0. The first-order valence-electron chi connectivity index (χ1n) is 6.49. The van der Waals surface area contributed by atoms with Crippen LogP contribution in [-0.4, -0.2) is 11.0 Å². The molecule has 0 aliphatic rings. The first-order chi connectivity index (χ1) is 10.8. The average molecular weight is 327 g/mol. The normalized spacial score (nSPS) is 12.3. The number of rotatable bonds is 4. The largest absolute Gasteiger partial charge is 0.416 e. The van der Waals surface area contributed by atoms with E-state index in [9.17, 15) is 17.6 Å². The van der Waals surface area contributed by atoms with E-state index in [2.05, 4.69) is 10.5 Å². The van der Waals surface area contributed by atoms with E-state index in [1.807, 2.05) is 0 Å². The van der Waals surface area contributed by atoms with Gasteiger partial charge in [0.25, 0.3) is 0 Å². The Morgan fingerprint density at radius 1 is 1.17 bits per heavy atom. The number of para-hydroxylation sites is 1. The van der Waals surface area contributed by atoms with Crippen molar-refractivity contribution in [3.05, 3.63) is 65.0 Å².